The summed E-state index contributed by atoms with van der Waals surface area (Å²) >= 11 is 0. The van der Waals surface area contributed by atoms with Gasteiger partial charge in [-0.25, -0.2) is 4.79 Å². The van der Waals surface area contributed by atoms with E-state index in [1.165, 1.54) is 0 Å². The Balaban J connectivity index is 2.39. The van der Waals surface area contributed by atoms with Gasteiger partial charge in [-0.1, -0.05) is 5.92 Å². The zero-order valence-electron chi connectivity index (χ0n) is 9.81. The molecule has 3 amide bonds. The van der Waals surface area contributed by atoms with E-state index in [9.17, 15) is 14.4 Å². The van der Waals surface area contributed by atoms with Gasteiger partial charge in [-0.2, -0.15) is 0 Å². The normalized spacial score (nSPS) is 17.7. The smallest absolute Gasteiger partial charge is 0.323 e. The van der Waals surface area contributed by atoms with E-state index < -0.39 is 18.5 Å². The summed E-state index contributed by atoms with van der Waals surface area (Å²) in [4.78, 5) is 34.1. The third kappa shape index (κ3) is 4.33. The maximum atomic E-state index is 11.7. The van der Waals surface area contributed by atoms with E-state index in [1.54, 1.807) is 0 Å². The van der Waals surface area contributed by atoms with Crippen LogP contribution in [0.25, 0.3) is 0 Å². The number of hydrogen-bond donors (Lipinski definition) is 3. The molecule has 1 unspecified atom stereocenters. The molecule has 1 fully saturated rings. The fourth-order valence-corrected chi connectivity index (χ4v) is 1.63. The van der Waals surface area contributed by atoms with Gasteiger partial charge in [-0.3, -0.25) is 9.59 Å². The largest absolute Gasteiger partial charge is 0.480 e. The summed E-state index contributed by atoms with van der Waals surface area (Å²) in [5.41, 5.74) is 0. The number of carboxylic acid groups (broad SMARTS) is 1. The van der Waals surface area contributed by atoms with E-state index in [0.717, 1.165) is 4.90 Å². The van der Waals surface area contributed by atoms with Crippen LogP contribution in [0.1, 0.15) is 12.8 Å². The quantitative estimate of drug-likeness (QED) is 0.547. The van der Waals surface area contributed by atoms with Crippen molar-refractivity contribution in [2.24, 2.45) is 0 Å². The van der Waals surface area contributed by atoms with Gasteiger partial charge in [0, 0.05) is 19.0 Å². The van der Waals surface area contributed by atoms with E-state index >= 15 is 0 Å². The van der Waals surface area contributed by atoms with Crippen LogP contribution in [-0.2, 0) is 9.59 Å². The zero-order valence-corrected chi connectivity index (χ0v) is 9.81. The second-order valence-electron chi connectivity index (χ2n) is 3.94. The molecule has 18 heavy (non-hydrogen) atoms. The molecule has 1 atom stereocenters. The Kier molecular flexibility index (Phi) is 4.99. The Morgan fingerprint density at radius 2 is 2.33 bits per heavy atom. The summed E-state index contributed by atoms with van der Waals surface area (Å²) < 4.78 is 0. The molecule has 7 nitrogen and oxygen atoms in total. The van der Waals surface area contributed by atoms with Crippen LogP contribution in [0.5, 0.6) is 0 Å². The minimum atomic E-state index is -1.13. The molecular formula is C11H15N3O4. The monoisotopic (exact) mass is 253 g/mol. The Hall–Kier alpha value is -2.23. The van der Waals surface area contributed by atoms with Crippen LogP contribution in [0.4, 0.5) is 4.79 Å². The van der Waals surface area contributed by atoms with Crippen molar-refractivity contribution >= 4 is 17.9 Å². The molecule has 1 aliphatic rings. The number of nitrogens with zero attached hydrogens (tertiary/aromatic N) is 1. The lowest BCUT2D eigenvalue weighted by Crippen LogP contribution is -2.46. The Morgan fingerprint density at radius 3 is 2.83 bits per heavy atom. The molecule has 1 aliphatic heterocycles. The minimum absolute atomic E-state index is 0.0414. The molecule has 1 saturated heterocycles. The molecule has 0 aromatic rings. The summed E-state index contributed by atoms with van der Waals surface area (Å²) in [5.74, 6) is 1.05. The first-order valence-electron chi connectivity index (χ1n) is 5.50. The Bertz CT molecular complexity index is 388. The molecule has 1 rings (SSSR count). The number of urea groups is 1. The van der Waals surface area contributed by atoms with E-state index in [1.807, 2.05) is 0 Å². The fourth-order valence-electron chi connectivity index (χ4n) is 1.63. The number of carboxylic acids is 1. The van der Waals surface area contributed by atoms with E-state index in [0.29, 0.717) is 12.8 Å². The third-order valence-electron chi connectivity index (χ3n) is 2.48. The van der Waals surface area contributed by atoms with Crippen molar-refractivity contribution < 1.29 is 19.5 Å². The molecule has 7 heteroatoms. The fraction of sp³-hybridized carbons (Fsp3) is 0.545. The highest BCUT2D eigenvalue weighted by molar-refractivity contribution is 5.81. The number of carbonyl (C=O) groups excluding carboxylic acids is 2. The average Bonchev–Trinajstić information content (AvgIpc) is 2.71. The van der Waals surface area contributed by atoms with Crippen LogP contribution in [0.3, 0.4) is 0 Å². The van der Waals surface area contributed by atoms with Crippen LogP contribution in [0.2, 0.25) is 0 Å². The predicted octanol–water partition coefficient (Wildman–Crippen LogP) is -1.01. The summed E-state index contributed by atoms with van der Waals surface area (Å²) in [6.45, 7) is -0.256. The summed E-state index contributed by atoms with van der Waals surface area (Å²) in [6.07, 6.45) is 6.17. The van der Waals surface area contributed by atoms with Crippen molar-refractivity contribution in [2.75, 3.05) is 19.6 Å². The second-order valence-corrected chi connectivity index (χ2v) is 3.94. The maximum Gasteiger partial charge on any atom is 0.323 e. The second kappa shape index (κ2) is 6.49. The van der Waals surface area contributed by atoms with Gasteiger partial charge >= 0.3 is 12.0 Å². The van der Waals surface area contributed by atoms with Gasteiger partial charge in [0.25, 0.3) is 0 Å². The predicted molar refractivity (Wildman–Crippen MR) is 62.6 cm³/mol. The van der Waals surface area contributed by atoms with Gasteiger partial charge < -0.3 is 20.6 Å². The SMILES string of the molecule is C#CCN(CC(=O)O)C(=O)NCC1CCC(=O)N1. The van der Waals surface area contributed by atoms with Crippen molar-refractivity contribution in [3.8, 4) is 12.3 Å². The number of rotatable bonds is 5. The molecule has 0 saturated carbocycles. The van der Waals surface area contributed by atoms with Gasteiger partial charge in [0.05, 0.1) is 6.54 Å². The first kappa shape index (κ1) is 13.8. The molecule has 0 aromatic heterocycles. The molecule has 0 aromatic carbocycles. The Morgan fingerprint density at radius 1 is 1.61 bits per heavy atom. The van der Waals surface area contributed by atoms with Gasteiger partial charge in [-0.05, 0) is 6.42 Å². The van der Waals surface area contributed by atoms with Crippen LogP contribution < -0.4 is 10.6 Å². The lowest BCUT2D eigenvalue weighted by Gasteiger charge is -2.20. The number of aliphatic carboxylic acids is 1. The number of terminal acetylenes is 1. The van der Waals surface area contributed by atoms with Crippen molar-refractivity contribution in [3.05, 3.63) is 0 Å². The average molecular weight is 253 g/mol. The number of nitrogens with one attached hydrogen (secondary N) is 2. The molecule has 98 valence electrons. The number of amides is 3. The molecule has 1 heterocycles. The zero-order chi connectivity index (χ0) is 13.5. The molecule has 3 N–H and O–H groups in total. The standard InChI is InChI=1S/C11H15N3O4/c1-2-5-14(7-10(16)17)11(18)12-6-8-3-4-9(15)13-8/h1,8H,3-7H2,(H,12,18)(H,13,15)(H,16,17). The number of hydrogen-bond acceptors (Lipinski definition) is 3. The van der Waals surface area contributed by atoms with E-state index in [2.05, 4.69) is 16.6 Å². The minimum Gasteiger partial charge on any atom is -0.480 e. The summed E-state index contributed by atoms with van der Waals surface area (Å²) in [6, 6.07) is -0.643. The maximum absolute atomic E-state index is 11.7. The highest BCUT2D eigenvalue weighted by atomic mass is 16.4. The van der Waals surface area contributed by atoms with E-state index in [-0.39, 0.29) is 25.0 Å². The lowest BCUT2D eigenvalue weighted by molar-refractivity contribution is -0.137. The van der Waals surface area contributed by atoms with Crippen molar-refractivity contribution in [3.63, 3.8) is 0 Å². The molecular weight excluding hydrogens is 238 g/mol. The van der Waals surface area contributed by atoms with Crippen molar-refractivity contribution in [1.29, 1.82) is 0 Å². The van der Waals surface area contributed by atoms with Gasteiger partial charge in [0.15, 0.2) is 0 Å². The third-order valence-corrected chi connectivity index (χ3v) is 2.48. The first-order chi connectivity index (χ1) is 8.52. The number of carbonyl (C=O) groups is 3. The summed E-state index contributed by atoms with van der Waals surface area (Å²) in [7, 11) is 0. The summed E-state index contributed by atoms with van der Waals surface area (Å²) in [5, 5.41) is 13.9. The van der Waals surface area contributed by atoms with Crippen molar-refractivity contribution in [2.45, 2.75) is 18.9 Å². The van der Waals surface area contributed by atoms with Crippen LogP contribution >= 0.6 is 0 Å². The van der Waals surface area contributed by atoms with Crippen molar-refractivity contribution in [1.82, 2.24) is 15.5 Å². The van der Waals surface area contributed by atoms with Crippen LogP contribution in [-0.4, -0.2) is 53.6 Å². The van der Waals surface area contributed by atoms with Crippen LogP contribution in [0, 0.1) is 12.3 Å². The molecule has 0 spiro atoms. The lowest BCUT2D eigenvalue weighted by atomic mass is 10.2. The highest BCUT2D eigenvalue weighted by Crippen LogP contribution is 2.05. The molecule has 0 bridgehead atoms. The molecule has 0 radical (unpaired) electrons. The van der Waals surface area contributed by atoms with Gasteiger partial charge in [0.1, 0.15) is 6.54 Å². The molecule has 0 aliphatic carbocycles. The van der Waals surface area contributed by atoms with E-state index in [4.69, 9.17) is 11.5 Å². The van der Waals surface area contributed by atoms with Gasteiger partial charge in [0.2, 0.25) is 5.91 Å². The van der Waals surface area contributed by atoms with Gasteiger partial charge in [-0.15, -0.1) is 6.42 Å². The first-order valence-corrected chi connectivity index (χ1v) is 5.50. The Labute approximate surface area is 105 Å². The van der Waals surface area contributed by atoms with Crippen LogP contribution in [0.15, 0.2) is 0 Å². The topological polar surface area (TPSA) is 98.7 Å². The highest BCUT2D eigenvalue weighted by Gasteiger charge is 2.22.